The maximum atomic E-state index is 12.8. The van der Waals surface area contributed by atoms with Gasteiger partial charge in [-0.05, 0) is 103 Å². The minimum absolute atomic E-state index is 0.0896. The molecule has 0 aliphatic heterocycles. The lowest BCUT2D eigenvalue weighted by Crippen LogP contribution is -2.30. The van der Waals surface area contributed by atoms with Crippen molar-refractivity contribution in [3.8, 4) is 0 Å². The number of hydrogen-bond acceptors (Lipinski definition) is 6. The fourth-order valence-electron chi connectivity index (χ4n) is 7.52. The van der Waals surface area contributed by atoms with Crippen LogP contribution in [0.2, 0.25) is 0 Å². The molecule has 0 saturated heterocycles. The van der Waals surface area contributed by atoms with E-state index in [4.69, 9.17) is 14.2 Å². The van der Waals surface area contributed by atoms with Gasteiger partial charge in [0.15, 0.2) is 6.10 Å². The highest BCUT2D eigenvalue weighted by Gasteiger charge is 2.19. The summed E-state index contributed by atoms with van der Waals surface area (Å²) in [5, 5.41) is 0. The SMILES string of the molecule is CC/C=C\C/C=C\C/C=C\C/C=C\C/C=C\C/C=C\C/C=C\CCCCCCCC(=O)OCC(COC(=O)CCCCCCCCCCCCC)OC(=O)CCCCCCC/C=C\C/C=C\CCC. The summed E-state index contributed by atoms with van der Waals surface area (Å²) in [6.45, 7) is 6.42. The fourth-order valence-corrected chi connectivity index (χ4v) is 7.52. The second kappa shape index (κ2) is 56.7. The molecule has 1 unspecified atom stereocenters. The third kappa shape index (κ3) is 54.9. The van der Waals surface area contributed by atoms with Crippen LogP contribution >= 0.6 is 0 Å². The topological polar surface area (TPSA) is 78.9 Å². The zero-order valence-corrected chi connectivity index (χ0v) is 44.8. The van der Waals surface area contributed by atoms with Gasteiger partial charge in [-0.25, -0.2) is 0 Å². The zero-order valence-electron chi connectivity index (χ0n) is 44.8. The number of allylic oxidation sites excluding steroid dienone is 18. The van der Waals surface area contributed by atoms with Crippen molar-refractivity contribution in [3.05, 3.63) is 109 Å². The summed E-state index contributed by atoms with van der Waals surface area (Å²) < 4.78 is 16.8. The van der Waals surface area contributed by atoms with Crippen LogP contribution in [0.25, 0.3) is 0 Å². The molecule has 0 aliphatic rings. The molecule has 0 N–H and O–H groups in total. The molecule has 0 aromatic rings. The van der Waals surface area contributed by atoms with Crippen LogP contribution in [0.4, 0.5) is 0 Å². The molecule has 0 radical (unpaired) electrons. The van der Waals surface area contributed by atoms with Gasteiger partial charge in [-0.3, -0.25) is 14.4 Å². The Bertz CT molecular complexity index is 1420. The monoisotopic (exact) mass is 957 g/mol. The van der Waals surface area contributed by atoms with Gasteiger partial charge in [-0.15, -0.1) is 0 Å². The van der Waals surface area contributed by atoms with Crippen LogP contribution in [-0.4, -0.2) is 37.2 Å². The molecule has 6 nitrogen and oxygen atoms in total. The molecule has 392 valence electrons. The summed E-state index contributed by atoms with van der Waals surface area (Å²) in [4.78, 5) is 38.0. The Morgan fingerprint density at radius 1 is 0.304 bits per heavy atom. The second-order valence-electron chi connectivity index (χ2n) is 18.5. The predicted molar refractivity (Wildman–Crippen MR) is 297 cm³/mol. The van der Waals surface area contributed by atoms with Crippen molar-refractivity contribution < 1.29 is 28.6 Å². The van der Waals surface area contributed by atoms with E-state index in [-0.39, 0.29) is 31.1 Å². The highest BCUT2D eigenvalue weighted by molar-refractivity contribution is 5.71. The van der Waals surface area contributed by atoms with Gasteiger partial charge in [-0.1, -0.05) is 239 Å². The summed E-state index contributed by atoms with van der Waals surface area (Å²) in [6, 6.07) is 0. The summed E-state index contributed by atoms with van der Waals surface area (Å²) in [5.41, 5.74) is 0. The summed E-state index contributed by atoms with van der Waals surface area (Å²) in [6.07, 6.45) is 76.5. The van der Waals surface area contributed by atoms with Crippen LogP contribution in [-0.2, 0) is 28.6 Å². The Morgan fingerprint density at radius 2 is 0.594 bits per heavy atom. The van der Waals surface area contributed by atoms with Crippen molar-refractivity contribution in [1.82, 2.24) is 0 Å². The van der Waals surface area contributed by atoms with Crippen LogP contribution < -0.4 is 0 Å². The van der Waals surface area contributed by atoms with Crippen molar-refractivity contribution in [3.63, 3.8) is 0 Å². The van der Waals surface area contributed by atoms with Crippen molar-refractivity contribution in [2.75, 3.05) is 13.2 Å². The number of esters is 3. The van der Waals surface area contributed by atoms with Crippen LogP contribution in [0.3, 0.4) is 0 Å². The lowest BCUT2D eigenvalue weighted by Gasteiger charge is -2.18. The van der Waals surface area contributed by atoms with Gasteiger partial charge in [0.2, 0.25) is 0 Å². The van der Waals surface area contributed by atoms with Crippen LogP contribution in [0.1, 0.15) is 252 Å². The molecule has 0 bridgehead atoms. The first-order chi connectivity index (χ1) is 34.0. The first-order valence-electron chi connectivity index (χ1n) is 28.4. The smallest absolute Gasteiger partial charge is 0.306 e. The lowest BCUT2D eigenvalue weighted by atomic mass is 10.1. The van der Waals surface area contributed by atoms with E-state index < -0.39 is 6.10 Å². The van der Waals surface area contributed by atoms with Crippen molar-refractivity contribution >= 4 is 17.9 Å². The van der Waals surface area contributed by atoms with Crippen molar-refractivity contribution in [1.29, 1.82) is 0 Å². The molecule has 1 atom stereocenters. The van der Waals surface area contributed by atoms with E-state index in [1.54, 1.807) is 0 Å². The van der Waals surface area contributed by atoms with Crippen molar-refractivity contribution in [2.24, 2.45) is 0 Å². The summed E-state index contributed by atoms with van der Waals surface area (Å²) >= 11 is 0. The molecule has 0 rings (SSSR count). The summed E-state index contributed by atoms with van der Waals surface area (Å²) in [5.74, 6) is -0.926. The van der Waals surface area contributed by atoms with Gasteiger partial charge >= 0.3 is 17.9 Å². The Labute approximate surface area is 425 Å². The number of rotatable bonds is 50. The van der Waals surface area contributed by atoms with E-state index >= 15 is 0 Å². The maximum absolute atomic E-state index is 12.8. The first-order valence-corrected chi connectivity index (χ1v) is 28.4. The molecule has 0 aliphatic carbocycles. The fraction of sp³-hybridized carbons (Fsp3) is 0.667. The van der Waals surface area contributed by atoms with E-state index in [0.717, 1.165) is 154 Å². The van der Waals surface area contributed by atoms with Gasteiger partial charge in [0, 0.05) is 19.3 Å². The molecule has 0 fully saturated rings. The average Bonchev–Trinajstić information content (AvgIpc) is 3.35. The predicted octanol–water partition coefficient (Wildman–Crippen LogP) is 19.1. The summed E-state index contributed by atoms with van der Waals surface area (Å²) in [7, 11) is 0. The molecule has 0 aromatic carbocycles. The third-order valence-corrected chi connectivity index (χ3v) is 11.7. The Morgan fingerprint density at radius 3 is 0.942 bits per heavy atom. The normalized spacial score (nSPS) is 12.9. The minimum atomic E-state index is -0.793. The molecule has 6 heteroatoms. The van der Waals surface area contributed by atoms with E-state index in [9.17, 15) is 14.4 Å². The number of hydrogen-bond donors (Lipinski definition) is 0. The van der Waals surface area contributed by atoms with Crippen LogP contribution in [0.15, 0.2) is 109 Å². The number of carbonyl (C=O) groups excluding carboxylic acids is 3. The Hall–Kier alpha value is -3.93. The second-order valence-corrected chi connectivity index (χ2v) is 18.5. The van der Waals surface area contributed by atoms with Crippen molar-refractivity contribution in [2.45, 2.75) is 258 Å². The highest BCUT2D eigenvalue weighted by Crippen LogP contribution is 2.14. The number of carbonyl (C=O) groups is 3. The molecule has 69 heavy (non-hydrogen) atoms. The van der Waals surface area contributed by atoms with E-state index in [1.807, 2.05) is 0 Å². The standard InChI is InChI=1S/C63H104O6/c1-4-7-10-13-16-19-22-24-25-26-27-28-29-30-31-32-33-34-35-36-37-39-41-44-47-50-53-56-62(65)68-59-60(58-67-61(64)55-52-49-46-43-40-21-18-15-12-9-6-3)69-63(66)57-54-51-48-45-42-38-23-20-17-14-11-8-5-2/h7,10-11,14,16,19-20,23-25,27-28,30-31,33-34,36-37,60H,4-6,8-9,12-13,15,17-18,21-22,26,29,32,35,38-59H2,1-3H3/b10-7-,14-11-,19-16-,23-20-,25-24-,28-27-,31-30-,34-33-,37-36-. The number of ether oxygens (including phenoxy) is 3. The lowest BCUT2D eigenvalue weighted by molar-refractivity contribution is -0.167. The van der Waals surface area contributed by atoms with Gasteiger partial charge in [0.25, 0.3) is 0 Å². The quantitative estimate of drug-likeness (QED) is 0.0262. The molecule has 0 heterocycles. The average molecular weight is 958 g/mol. The first kappa shape index (κ1) is 65.1. The van der Waals surface area contributed by atoms with E-state index in [2.05, 4.69) is 130 Å². The van der Waals surface area contributed by atoms with Gasteiger partial charge < -0.3 is 14.2 Å². The molecule has 0 aromatic heterocycles. The van der Waals surface area contributed by atoms with Gasteiger partial charge in [0.1, 0.15) is 13.2 Å². The van der Waals surface area contributed by atoms with Crippen LogP contribution in [0.5, 0.6) is 0 Å². The Kier molecular flexibility index (Phi) is 53.4. The van der Waals surface area contributed by atoms with E-state index in [1.165, 1.54) is 57.8 Å². The minimum Gasteiger partial charge on any atom is -0.462 e. The molecule has 0 saturated carbocycles. The molecular formula is C63H104O6. The molecule has 0 amide bonds. The molecular weight excluding hydrogens is 853 g/mol. The largest absolute Gasteiger partial charge is 0.462 e. The Balaban J connectivity index is 4.33. The maximum Gasteiger partial charge on any atom is 0.306 e. The third-order valence-electron chi connectivity index (χ3n) is 11.7. The van der Waals surface area contributed by atoms with Crippen LogP contribution in [0, 0.1) is 0 Å². The number of unbranched alkanes of at least 4 members (excludes halogenated alkanes) is 21. The zero-order chi connectivity index (χ0) is 50.0. The van der Waals surface area contributed by atoms with Gasteiger partial charge in [0.05, 0.1) is 0 Å². The van der Waals surface area contributed by atoms with Gasteiger partial charge in [-0.2, -0.15) is 0 Å². The molecule has 0 spiro atoms. The van der Waals surface area contributed by atoms with E-state index in [0.29, 0.717) is 19.3 Å². The highest BCUT2D eigenvalue weighted by atomic mass is 16.6.